The highest BCUT2D eigenvalue weighted by molar-refractivity contribution is 6.07. The summed E-state index contributed by atoms with van der Waals surface area (Å²) < 4.78 is 83.8. The number of ether oxygens (including phenoxy) is 2. The van der Waals surface area contributed by atoms with Gasteiger partial charge in [-0.2, -0.15) is 0 Å². The van der Waals surface area contributed by atoms with E-state index >= 15 is 0 Å². The number of methoxy groups -OCH3 is 1. The van der Waals surface area contributed by atoms with Crippen molar-refractivity contribution < 1.29 is 36.1 Å². The highest BCUT2D eigenvalue weighted by Gasteiger charge is 2.26. The van der Waals surface area contributed by atoms with Crippen molar-refractivity contribution >= 4 is 23.2 Å². The maximum atomic E-state index is 14.1. The Kier molecular flexibility index (Phi) is 5.72. The number of hydrogen-bond donors (Lipinski definition) is 1. The second kappa shape index (κ2) is 11.2. The summed E-state index contributed by atoms with van der Waals surface area (Å²) in [6.07, 6.45) is 2.82. The molecule has 2 amide bonds. The number of halogens is 2. The lowest BCUT2D eigenvalue weighted by Gasteiger charge is -2.35. The first-order chi connectivity index (χ1) is 20.2. The summed E-state index contributed by atoms with van der Waals surface area (Å²) in [4.78, 5) is 35.8. The molecule has 1 aromatic carbocycles. The molecular weight excluding hydrogens is 484 g/mol. The molecule has 11 heteroatoms. The molecular formula is C26H27F2N5O4. The minimum absolute atomic E-state index is 0.0540. The number of piperidine rings is 1. The van der Waals surface area contributed by atoms with Gasteiger partial charge in [0.25, 0.3) is 11.8 Å². The van der Waals surface area contributed by atoms with Crippen LogP contribution >= 0.6 is 0 Å². The van der Waals surface area contributed by atoms with Crippen molar-refractivity contribution in [3.63, 3.8) is 0 Å². The minimum atomic E-state index is -3.29. The number of hydrogen-bond acceptors (Lipinski definition) is 7. The van der Waals surface area contributed by atoms with Crippen molar-refractivity contribution in [3.8, 4) is 11.6 Å². The number of carbonyl (C=O) groups excluding carboxylic acids is 2. The van der Waals surface area contributed by atoms with E-state index in [0.717, 1.165) is 12.3 Å². The number of anilines is 2. The zero-order valence-corrected chi connectivity index (χ0v) is 19.7. The van der Waals surface area contributed by atoms with Crippen LogP contribution in [-0.4, -0.2) is 66.9 Å². The van der Waals surface area contributed by atoms with Crippen LogP contribution in [0.3, 0.4) is 0 Å². The van der Waals surface area contributed by atoms with E-state index in [9.17, 15) is 18.4 Å². The number of carbonyl (C=O) groups is 2. The molecule has 0 radical (unpaired) electrons. The van der Waals surface area contributed by atoms with Crippen LogP contribution < -0.4 is 19.7 Å². The maximum Gasteiger partial charge on any atom is 0.272 e. The monoisotopic (exact) mass is 517 g/mol. The van der Waals surface area contributed by atoms with Crippen LogP contribution in [0.5, 0.6) is 11.6 Å². The highest BCUT2D eigenvalue weighted by Crippen LogP contribution is 2.31. The van der Waals surface area contributed by atoms with Gasteiger partial charge < -0.3 is 24.6 Å². The lowest BCUT2D eigenvalue weighted by molar-refractivity contribution is 0.0822. The van der Waals surface area contributed by atoms with Gasteiger partial charge in [-0.15, -0.1) is 0 Å². The standard InChI is InChI=1S/C26H27F2N5O4/c1-32(2)26(35)20-14-22(21(15-30-20)31-24(34)18-5-4-10-29-25(18)36-3)33-11-8-17(9-12-33)37-23-7-6-16(27)13-19(23)28/h4-7,10,13-15,17H,8-9,11-12H2,1-3H3,(H,31,34)/i1D3,2D3. The Morgan fingerprint density at radius 2 is 1.95 bits per heavy atom. The molecule has 4 rings (SSSR count). The zero-order chi connectivity index (χ0) is 31.5. The fourth-order valence-corrected chi connectivity index (χ4v) is 3.92. The molecule has 1 N–H and O–H groups in total. The van der Waals surface area contributed by atoms with Gasteiger partial charge in [-0.25, -0.2) is 18.7 Å². The van der Waals surface area contributed by atoms with Crippen LogP contribution in [0.25, 0.3) is 0 Å². The molecule has 194 valence electrons. The highest BCUT2D eigenvalue weighted by atomic mass is 19.1. The quantitative estimate of drug-likeness (QED) is 0.510. The smallest absolute Gasteiger partial charge is 0.272 e. The molecule has 1 fully saturated rings. The van der Waals surface area contributed by atoms with Crippen LogP contribution in [0.1, 0.15) is 41.9 Å². The van der Waals surface area contributed by atoms with Gasteiger partial charge in [0, 0.05) is 60.4 Å². The number of nitrogens with zero attached hydrogens (tertiary/aromatic N) is 4. The predicted molar refractivity (Wildman–Crippen MR) is 133 cm³/mol. The largest absolute Gasteiger partial charge is 0.487 e. The van der Waals surface area contributed by atoms with E-state index in [4.69, 9.17) is 17.7 Å². The molecule has 2 aromatic heterocycles. The van der Waals surface area contributed by atoms with Crippen molar-refractivity contribution in [2.75, 3.05) is 44.4 Å². The normalized spacial score (nSPS) is 16.8. The van der Waals surface area contributed by atoms with E-state index in [-0.39, 0.29) is 46.6 Å². The minimum Gasteiger partial charge on any atom is -0.487 e. The van der Waals surface area contributed by atoms with Gasteiger partial charge in [0.2, 0.25) is 5.88 Å². The van der Waals surface area contributed by atoms with Crippen molar-refractivity contribution in [2.24, 2.45) is 0 Å². The Labute approximate surface area is 221 Å². The Morgan fingerprint density at radius 3 is 2.65 bits per heavy atom. The Balaban J connectivity index is 1.64. The molecule has 3 heterocycles. The van der Waals surface area contributed by atoms with Crippen LogP contribution in [-0.2, 0) is 0 Å². The first-order valence-corrected chi connectivity index (χ1v) is 11.2. The van der Waals surface area contributed by atoms with Gasteiger partial charge in [-0.3, -0.25) is 9.59 Å². The van der Waals surface area contributed by atoms with E-state index in [1.807, 2.05) is 0 Å². The third-order valence-electron chi connectivity index (χ3n) is 5.73. The molecule has 0 bridgehead atoms. The first kappa shape index (κ1) is 18.9. The molecule has 0 spiro atoms. The molecule has 1 saturated heterocycles. The van der Waals surface area contributed by atoms with Crippen LogP contribution in [0.4, 0.5) is 20.2 Å². The molecule has 1 aliphatic heterocycles. The Morgan fingerprint density at radius 1 is 1.16 bits per heavy atom. The number of benzene rings is 1. The number of pyridine rings is 2. The van der Waals surface area contributed by atoms with E-state index in [1.54, 1.807) is 4.90 Å². The molecule has 3 aromatic rings. The van der Waals surface area contributed by atoms with Crippen molar-refractivity contribution in [1.29, 1.82) is 0 Å². The topological polar surface area (TPSA) is 96.9 Å². The second-order valence-electron chi connectivity index (χ2n) is 8.12. The van der Waals surface area contributed by atoms with E-state index < -0.39 is 49.2 Å². The molecule has 1 aliphatic rings. The van der Waals surface area contributed by atoms with Gasteiger partial charge in [0.1, 0.15) is 23.2 Å². The Hall–Kier alpha value is -4.28. The van der Waals surface area contributed by atoms with Crippen molar-refractivity contribution in [1.82, 2.24) is 14.9 Å². The average molecular weight is 518 g/mol. The SMILES string of the molecule is [2H]C([2H])([2H])N(C(=O)c1cc(N2CCC(Oc3ccc(F)cc3F)CC2)c(NC(=O)c2cccnc2OC)cn1)C([2H])([2H])[2H]. The summed E-state index contributed by atoms with van der Waals surface area (Å²) >= 11 is 0. The summed E-state index contributed by atoms with van der Waals surface area (Å²) in [5.41, 5.74) is -0.00537. The number of nitrogens with one attached hydrogen (secondary N) is 1. The maximum absolute atomic E-state index is 14.1. The number of amides is 2. The van der Waals surface area contributed by atoms with Crippen LogP contribution in [0.2, 0.25) is 0 Å². The third kappa shape index (κ3) is 5.93. The molecule has 9 nitrogen and oxygen atoms in total. The van der Waals surface area contributed by atoms with Gasteiger partial charge >= 0.3 is 0 Å². The predicted octanol–water partition coefficient (Wildman–Crippen LogP) is 3.77. The van der Waals surface area contributed by atoms with Crippen LogP contribution in [0, 0.1) is 11.6 Å². The van der Waals surface area contributed by atoms with Gasteiger partial charge in [-0.05, 0) is 30.3 Å². The number of rotatable bonds is 7. The van der Waals surface area contributed by atoms with Crippen LogP contribution in [0.15, 0.2) is 48.8 Å². The second-order valence-corrected chi connectivity index (χ2v) is 8.12. The third-order valence-corrected chi connectivity index (χ3v) is 5.73. The first-order valence-electron chi connectivity index (χ1n) is 14.2. The molecule has 0 aliphatic carbocycles. The van der Waals surface area contributed by atoms with Gasteiger partial charge in [-0.1, -0.05) is 0 Å². The average Bonchev–Trinajstić information content (AvgIpc) is 2.93. The van der Waals surface area contributed by atoms with E-state index in [2.05, 4.69) is 15.3 Å². The zero-order valence-electron chi connectivity index (χ0n) is 25.7. The molecule has 37 heavy (non-hydrogen) atoms. The molecule has 0 saturated carbocycles. The van der Waals surface area contributed by atoms with E-state index in [0.29, 0.717) is 18.9 Å². The van der Waals surface area contributed by atoms with Gasteiger partial charge in [0.15, 0.2) is 11.6 Å². The summed E-state index contributed by atoms with van der Waals surface area (Å²) in [7, 11) is 1.35. The van der Waals surface area contributed by atoms with Crippen molar-refractivity contribution in [2.45, 2.75) is 18.9 Å². The molecule has 0 unspecified atom stereocenters. The summed E-state index contributed by atoms with van der Waals surface area (Å²) in [6, 6.07) is 7.20. The van der Waals surface area contributed by atoms with E-state index in [1.165, 1.54) is 37.6 Å². The fraction of sp³-hybridized carbons (Fsp3) is 0.308. The Bertz CT molecular complexity index is 1490. The molecule has 0 atom stereocenters. The fourth-order valence-electron chi connectivity index (χ4n) is 3.92. The summed E-state index contributed by atoms with van der Waals surface area (Å²) in [5, 5.41) is 2.69. The lowest BCUT2D eigenvalue weighted by atomic mass is 10.1. The number of aromatic nitrogens is 2. The summed E-state index contributed by atoms with van der Waals surface area (Å²) in [6.45, 7) is -6.04. The summed E-state index contributed by atoms with van der Waals surface area (Å²) in [5.74, 6) is -3.62. The van der Waals surface area contributed by atoms with Crippen molar-refractivity contribution in [3.05, 3.63) is 71.7 Å². The lowest BCUT2D eigenvalue weighted by Crippen LogP contribution is -2.39. The van der Waals surface area contributed by atoms with Gasteiger partial charge in [0.05, 0.1) is 24.7 Å².